The second-order valence-electron chi connectivity index (χ2n) is 9.94. The van der Waals surface area contributed by atoms with Crippen molar-refractivity contribution < 1.29 is 18.9 Å². The maximum absolute atomic E-state index is 12.6. The first kappa shape index (κ1) is 28.6. The standard InChI is InChI=1S/C18H23N5O4.2C4H10/c24-16(2-1-14-5-8-20-27-14)22-12-18(26)23-11-17(25)21(10-15(22)23)9-13-3-6-19-7-4-13;1-4(2)3;1-3-4-2/h1-2,5,8,13,15,19H,3-4,6-7,9-12H2;4H,1-3H3;3-4H2,1-2H3/b2-1+;;. The second kappa shape index (κ2) is 14.7. The van der Waals surface area contributed by atoms with Crippen LogP contribution in [0.3, 0.4) is 0 Å². The van der Waals surface area contributed by atoms with E-state index in [4.69, 9.17) is 4.52 Å². The molecule has 0 radical (unpaired) electrons. The van der Waals surface area contributed by atoms with Gasteiger partial charge in [-0.05, 0) is 43.8 Å². The molecule has 1 aromatic rings. The Morgan fingerprint density at radius 3 is 2.37 bits per heavy atom. The summed E-state index contributed by atoms with van der Waals surface area (Å²) in [7, 11) is 0. The molecule has 1 aromatic heterocycles. The average molecular weight is 490 g/mol. The van der Waals surface area contributed by atoms with Gasteiger partial charge in [0, 0.05) is 18.7 Å². The molecule has 3 fully saturated rings. The number of nitrogens with zero attached hydrogens (tertiary/aromatic N) is 4. The number of amides is 3. The number of rotatable bonds is 5. The normalized spacial score (nSPS) is 20.5. The molecule has 4 heterocycles. The van der Waals surface area contributed by atoms with Crippen LogP contribution in [0.15, 0.2) is 22.9 Å². The summed E-state index contributed by atoms with van der Waals surface area (Å²) in [6.07, 6.45) is 8.73. The number of piperazine rings is 1. The molecule has 0 saturated carbocycles. The Hall–Kier alpha value is -2.68. The van der Waals surface area contributed by atoms with Crippen molar-refractivity contribution in [1.29, 1.82) is 0 Å². The number of carbonyl (C=O) groups is 3. The van der Waals surface area contributed by atoms with Gasteiger partial charge >= 0.3 is 0 Å². The van der Waals surface area contributed by atoms with Crippen LogP contribution in [0.5, 0.6) is 0 Å². The van der Waals surface area contributed by atoms with E-state index >= 15 is 0 Å². The van der Waals surface area contributed by atoms with Crippen molar-refractivity contribution in [3.05, 3.63) is 24.1 Å². The molecule has 0 bridgehead atoms. The summed E-state index contributed by atoms with van der Waals surface area (Å²) in [5.74, 6) is 1.27. The molecule has 3 aliphatic rings. The number of unbranched alkanes of at least 4 members (excludes halogenated alkanes) is 1. The van der Waals surface area contributed by atoms with Crippen LogP contribution >= 0.6 is 0 Å². The molecule has 3 amide bonds. The first-order valence-electron chi connectivity index (χ1n) is 12.9. The Morgan fingerprint density at radius 1 is 1.14 bits per heavy atom. The molecule has 1 atom stereocenters. The van der Waals surface area contributed by atoms with Crippen molar-refractivity contribution in [2.45, 2.75) is 66.5 Å². The maximum atomic E-state index is 12.6. The van der Waals surface area contributed by atoms with E-state index < -0.39 is 6.17 Å². The Kier molecular flexibility index (Phi) is 12.0. The van der Waals surface area contributed by atoms with Crippen molar-refractivity contribution in [3.63, 3.8) is 0 Å². The summed E-state index contributed by atoms with van der Waals surface area (Å²) in [6, 6.07) is 1.64. The fourth-order valence-corrected chi connectivity index (χ4v) is 3.95. The zero-order chi connectivity index (χ0) is 25.8. The molecule has 0 aromatic carbocycles. The molecule has 4 rings (SSSR count). The van der Waals surface area contributed by atoms with Crippen LogP contribution in [0.4, 0.5) is 0 Å². The van der Waals surface area contributed by atoms with E-state index in [1.807, 2.05) is 4.90 Å². The van der Waals surface area contributed by atoms with E-state index in [0.29, 0.717) is 24.8 Å². The Bertz CT molecular complexity index is 813. The Labute approximate surface area is 209 Å². The monoisotopic (exact) mass is 489 g/mol. The van der Waals surface area contributed by atoms with Gasteiger partial charge in [0.15, 0.2) is 5.76 Å². The van der Waals surface area contributed by atoms with Crippen molar-refractivity contribution in [1.82, 2.24) is 25.2 Å². The highest BCUT2D eigenvalue weighted by Crippen LogP contribution is 2.24. The third-order valence-electron chi connectivity index (χ3n) is 5.96. The lowest BCUT2D eigenvalue weighted by atomic mass is 9.97. The minimum absolute atomic E-state index is 0.00128. The van der Waals surface area contributed by atoms with Crippen molar-refractivity contribution in [2.24, 2.45) is 11.8 Å². The minimum Gasteiger partial charge on any atom is -0.357 e. The van der Waals surface area contributed by atoms with Crippen molar-refractivity contribution in [3.8, 4) is 0 Å². The lowest BCUT2D eigenvalue weighted by Crippen LogP contribution is -2.59. The van der Waals surface area contributed by atoms with Crippen LogP contribution < -0.4 is 5.32 Å². The van der Waals surface area contributed by atoms with Crippen LogP contribution in [0.25, 0.3) is 6.08 Å². The van der Waals surface area contributed by atoms with E-state index in [-0.39, 0.29) is 30.8 Å². The second-order valence-corrected chi connectivity index (χ2v) is 9.94. The molecule has 1 N–H and O–H groups in total. The Morgan fingerprint density at radius 2 is 1.80 bits per heavy atom. The minimum atomic E-state index is -0.399. The van der Waals surface area contributed by atoms with Crippen LogP contribution in [0.1, 0.15) is 66.1 Å². The quantitative estimate of drug-likeness (QED) is 0.639. The summed E-state index contributed by atoms with van der Waals surface area (Å²) in [6.45, 7) is 13.9. The largest absolute Gasteiger partial charge is 0.357 e. The van der Waals surface area contributed by atoms with Gasteiger partial charge in [0.2, 0.25) is 17.7 Å². The van der Waals surface area contributed by atoms with E-state index in [2.05, 4.69) is 45.1 Å². The average Bonchev–Trinajstić information content (AvgIpc) is 3.46. The van der Waals surface area contributed by atoms with E-state index in [9.17, 15) is 14.4 Å². The predicted octanol–water partition coefficient (Wildman–Crippen LogP) is 3.00. The highest BCUT2D eigenvalue weighted by molar-refractivity contribution is 5.98. The van der Waals surface area contributed by atoms with Gasteiger partial charge in [0.25, 0.3) is 0 Å². The zero-order valence-corrected chi connectivity index (χ0v) is 22.0. The van der Waals surface area contributed by atoms with E-state index in [1.165, 1.54) is 41.0 Å². The fourth-order valence-electron chi connectivity index (χ4n) is 3.95. The molecule has 3 saturated heterocycles. The highest BCUT2D eigenvalue weighted by Gasteiger charge is 2.45. The van der Waals surface area contributed by atoms with Crippen LogP contribution in [-0.4, -0.2) is 83.0 Å². The smallest absolute Gasteiger partial charge is 0.248 e. The van der Waals surface area contributed by atoms with Gasteiger partial charge in [-0.2, -0.15) is 0 Å². The molecule has 196 valence electrons. The summed E-state index contributed by atoms with van der Waals surface area (Å²) >= 11 is 0. The predicted molar refractivity (Wildman–Crippen MR) is 136 cm³/mol. The molecule has 9 heteroatoms. The molecule has 0 spiro atoms. The SMILES string of the molecule is CC(C)C.CCCC.O=C1CN2C(=O)CN(C(=O)/C=C/c3ccno3)C2CN1CC1CCNCC1. The molecule has 1 unspecified atom stereocenters. The Balaban J connectivity index is 0.000000473. The van der Waals surface area contributed by atoms with E-state index in [1.54, 1.807) is 6.07 Å². The highest BCUT2D eigenvalue weighted by atomic mass is 16.5. The summed E-state index contributed by atoms with van der Waals surface area (Å²) in [4.78, 5) is 42.3. The molecule has 0 aliphatic carbocycles. The van der Waals surface area contributed by atoms with Crippen molar-refractivity contribution in [2.75, 3.05) is 39.3 Å². The summed E-state index contributed by atoms with van der Waals surface area (Å²) < 4.78 is 4.95. The molecule has 9 nitrogen and oxygen atoms in total. The molecule has 35 heavy (non-hydrogen) atoms. The first-order valence-corrected chi connectivity index (χ1v) is 12.9. The number of hydrogen-bond acceptors (Lipinski definition) is 6. The third kappa shape index (κ3) is 9.12. The van der Waals surface area contributed by atoms with Gasteiger partial charge in [-0.15, -0.1) is 0 Å². The van der Waals surface area contributed by atoms with Crippen LogP contribution in [0, 0.1) is 11.8 Å². The fraction of sp³-hybridized carbons (Fsp3) is 0.692. The summed E-state index contributed by atoms with van der Waals surface area (Å²) in [5, 5.41) is 6.91. The first-order chi connectivity index (χ1) is 16.8. The van der Waals surface area contributed by atoms with Gasteiger partial charge in [0.05, 0.1) is 12.7 Å². The zero-order valence-electron chi connectivity index (χ0n) is 22.0. The van der Waals surface area contributed by atoms with Crippen LogP contribution in [0.2, 0.25) is 0 Å². The van der Waals surface area contributed by atoms with Gasteiger partial charge in [-0.3, -0.25) is 14.4 Å². The topological polar surface area (TPSA) is 99.0 Å². The van der Waals surface area contributed by atoms with Gasteiger partial charge in [-0.1, -0.05) is 52.6 Å². The third-order valence-corrected chi connectivity index (χ3v) is 5.96. The lowest BCUT2D eigenvalue weighted by Gasteiger charge is -2.41. The molecular formula is C26H43N5O4. The van der Waals surface area contributed by atoms with Crippen LogP contribution in [-0.2, 0) is 14.4 Å². The molecule has 3 aliphatic heterocycles. The number of piperidine rings is 1. The van der Waals surface area contributed by atoms with Gasteiger partial charge in [-0.25, -0.2) is 0 Å². The lowest BCUT2D eigenvalue weighted by molar-refractivity contribution is -0.148. The number of fused-ring (bicyclic) bond motifs is 1. The number of aromatic nitrogens is 1. The number of hydrogen-bond donors (Lipinski definition) is 1. The maximum Gasteiger partial charge on any atom is 0.248 e. The van der Waals surface area contributed by atoms with Gasteiger partial charge < -0.3 is 24.5 Å². The molecular weight excluding hydrogens is 446 g/mol. The number of carbonyl (C=O) groups excluding carboxylic acids is 3. The van der Waals surface area contributed by atoms with Crippen molar-refractivity contribution >= 4 is 23.8 Å². The van der Waals surface area contributed by atoms with E-state index in [0.717, 1.165) is 31.8 Å². The summed E-state index contributed by atoms with van der Waals surface area (Å²) in [5.41, 5.74) is 0. The van der Waals surface area contributed by atoms with Gasteiger partial charge in [0.1, 0.15) is 19.3 Å². The number of nitrogens with one attached hydrogen (secondary N) is 1.